The SMILES string of the molecule is Cc1ccc(C2(O)CCN(C(=O)C(C)Cn3cccn3)CC2)nc1. The number of carbonyl (C=O) groups is 1. The van der Waals surface area contributed by atoms with Gasteiger partial charge in [-0.1, -0.05) is 13.0 Å². The molecule has 128 valence electrons. The van der Waals surface area contributed by atoms with E-state index in [1.807, 2.05) is 43.1 Å². The molecule has 1 amide bonds. The van der Waals surface area contributed by atoms with E-state index in [0.29, 0.717) is 38.2 Å². The molecule has 0 spiro atoms. The fraction of sp³-hybridized carbons (Fsp3) is 0.500. The number of aliphatic hydroxyl groups is 1. The molecular weight excluding hydrogens is 304 g/mol. The van der Waals surface area contributed by atoms with Crippen molar-refractivity contribution in [2.45, 2.75) is 38.8 Å². The number of carbonyl (C=O) groups excluding carboxylic acids is 1. The van der Waals surface area contributed by atoms with Crippen LogP contribution in [0.2, 0.25) is 0 Å². The zero-order chi connectivity index (χ0) is 17.2. The summed E-state index contributed by atoms with van der Waals surface area (Å²) in [6, 6.07) is 5.70. The molecule has 2 aromatic heterocycles. The van der Waals surface area contributed by atoms with Crippen molar-refractivity contribution >= 4 is 5.91 Å². The molecule has 1 fully saturated rings. The number of hydrogen-bond donors (Lipinski definition) is 1. The van der Waals surface area contributed by atoms with E-state index in [9.17, 15) is 9.90 Å². The topological polar surface area (TPSA) is 71.2 Å². The summed E-state index contributed by atoms with van der Waals surface area (Å²) in [7, 11) is 0. The lowest BCUT2D eigenvalue weighted by atomic mass is 9.87. The van der Waals surface area contributed by atoms with Gasteiger partial charge in [0.2, 0.25) is 5.91 Å². The number of aryl methyl sites for hydroxylation is 1. The van der Waals surface area contributed by atoms with Crippen molar-refractivity contribution in [2.75, 3.05) is 13.1 Å². The van der Waals surface area contributed by atoms with Gasteiger partial charge in [-0.2, -0.15) is 5.10 Å². The summed E-state index contributed by atoms with van der Waals surface area (Å²) >= 11 is 0. The van der Waals surface area contributed by atoms with Gasteiger partial charge in [0, 0.05) is 31.7 Å². The van der Waals surface area contributed by atoms with E-state index < -0.39 is 5.60 Å². The molecule has 24 heavy (non-hydrogen) atoms. The van der Waals surface area contributed by atoms with Crippen LogP contribution in [0.3, 0.4) is 0 Å². The van der Waals surface area contributed by atoms with E-state index in [1.165, 1.54) is 0 Å². The Morgan fingerprint density at radius 2 is 2.12 bits per heavy atom. The normalized spacial score (nSPS) is 18.4. The van der Waals surface area contributed by atoms with E-state index >= 15 is 0 Å². The van der Waals surface area contributed by atoms with Gasteiger partial charge < -0.3 is 10.0 Å². The standard InChI is InChI=1S/C18H24N4O2/c1-14-4-5-16(19-12-14)18(24)6-10-21(11-7-18)17(23)15(2)13-22-9-3-8-20-22/h3-5,8-9,12,15,24H,6-7,10-11,13H2,1-2H3. The smallest absolute Gasteiger partial charge is 0.227 e. The molecule has 0 radical (unpaired) electrons. The quantitative estimate of drug-likeness (QED) is 0.928. The minimum Gasteiger partial charge on any atom is -0.383 e. The van der Waals surface area contributed by atoms with Crippen molar-refractivity contribution in [1.82, 2.24) is 19.7 Å². The molecule has 1 aliphatic heterocycles. The zero-order valence-corrected chi connectivity index (χ0v) is 14.2. The van der Waals surface area contributed by atoms with E-state index in [1.54, 1.807) is 17.1 Å². The summed E-state index contributed by atoms with van der Waals surface area (Å²) in [4.78, 5) is 18.8. The lowest BCUT2D eigenvalue weighted by molar-refractivity contribution is -0.140. The number of nitrogens with zero attached hydrogens (tertiary/aromatic N) is 4. The van der Waals surface area contributed by atoms with E-state index in [4.69, 9.17) is 0 Å². The molecular formula is C18H24N4O2. The summed E-state index contributed by atoms with van der Waals surface area (Å²) in [5.41, 5.74) is 0.836. The molecule has 0 saturated carbocycles. The summed E-state index contributed by atoms with van der Waals surface area (Å²) < 4.78 is 1.78. The average Bonchev–Trinajstić information content (AvgIpc) is 3.08. The Hall–Kier alpha value is -2.21. The first-order valence-electron chi connectivity index (χ1n) is 8.40. The number of aromatic nitrogens is 3. The maximum absolute atomic E-state index is 12.6. The van der Waals surface area contributed by atoms with Gasteiger partial charge in [-0.15, -0.1) is 0 Å². The Balaban J connectivity index is 1.59. The second kappa shape index (κ2) is 6.73. The number of likely N-dealkylation sites (tertiary alicyclic amines) is 1. The summed E-state index contributed by atoms with van der Waals surface area (Å²) in [6.45, 7) is 5.57. The first kappa shape index (κ1) is 16.6. The fourth-order valence-electron chi connectivity index (χ4n) is 3.18. The Kier molecular flexibility index (Phi) is 4.66. The molecule has 6 heteroatoms. The Bertz CT molecular complexity index is 674. The molecule has 0 aliphatic carbocycles. The molecule has 1 aliphatic rings. The Morgan fingerprint density at radius 1 is 1.38 bits per heavy atom. The number of piperidine rings is 1. The van der Waals surface area contributed by atoms with Gasteiger partial charge in [0.05, 0.1) is 18.2 Å². The lowest BCUT2D eigenvalue weighted by Crippen LogP contribution is -2.47. The molecule has 0 bridgehead atoms. The minimum absolute atomic E-state index is 0.115. The third kappa shape index (κ3) is 3.48. The first-order valence-corrected chi connectivity index (χ1v) is 8.40. The van der Waals surface area contributed by atoms with Gasteiger partial charge in [0.1, 0.15) is 5.60 Å². The monoisotopic (exact) mass is 328 g/mol. The first-order chi connectivity index (χ1) is 11.5. The largest absolute Gasteiger partial charge is 0.383 e. The van der Waals surface area contributed by atoms with E-state index in [0.717, 1.165) is 5.56 Å². The van der Waals surface area contributed by atoms with Crippen LogP contribution in [0.1, 0.15) is 31.0 Å². The molecule has 6 nitrogen and oxygen atoms in total. The zero-order valence-electron chi connectivity index (χ0n) is 14.2. The Labute approximate surface area is 142 Å². The molecule has 0 aromatic carbocycles. The maximum atomic E-state index is 12.6. The summed E-state index contributed by atoms with van der Waals surface area (Å²) in [5, 5.41) is 15.0. The predicted molar refractivity (Wildman–Crippen MR) is 90.1 cm³/mol. The molecule has 1 unspecified atom stereocenters. The molecule has 1 atom stereocenters. The van der Waals surface area contributed by atoms with Crippen molar-refractivity contribution in [2.24, 2.45) is 5.92 Å². The average molecular weight is 328 g/mol. The van der Waals surface area contributed by atoms with Crippen LogP contribution >= 0.6 is 0 Å². The van der Waals surface area contributed by atoms with Crippen LogP contribution < -0.4 is 0 Å². The van der Waals surface area contributed by atoms with Crippen LogP contribution in [0.4, 0.5) is 0 Å². The fourth-order valence-corrected chi connectivity index (χ4v) is 3.18. The summed E-state index contributed by atoms with van der Waals surface area (Å²) in [6.07, 6.45) is 6.39. The molecule has 3 rings (SSSR count). The Morgan fingerprint density at radius 3 is 2.71 bits per heavy atom. The van der Waals surface area contributed by atoms with Crippen LogP contribution in [0.25, 0.3) is 0 Å². The number of pyridine rings is 1. The van der Waals surface area contributed by atoms with Crippen molar-refractivity contribution in [3.8, 4) is 0 Å². The van der Waals surface area contributed by atoms with Crippen LogP contribution in [0, 0.1) is 12.8 Å². The molecule has 2 aromatic rings. The van der Waals surface area contributed by atoms with E-state index in [2.05, 4.69) is 10.1 Å². The van der Waals surface area contributed by atoms with Gasteiger partial charge in [-0.3, -0.25) is 14.5 Å². The van der Waals surface area contributed by atoms with Gasteiger partial charge in [0.15, 0.2) is 0 Å². The predicted octanol–water partition coefficient (Wildman–Crippen LogP) is 1.73. The maximum Gasteiger partial charge on any atom is 0.227 e. The highest BCUT2D eigenvalue weighted by Gasteiger charge is 2.37. The van der Waals surface area contributed by atoms with Crippen LogP contribution in [-0.2, 0) is 16.9 Å². The van der Waals surface area contributed by atoms with Crippen LogP contribution in [0.15, 0.2) is 36.8 Å². The minimum atomic E-state index is -0.935. The highest BCUT2D eigenvalue weighted by molar-refractivity contribution is 5.78. The highest BCUT2D eigenvalue weighted by Crippen LogP contribution is 2.32. The number of amides is 1. The van der Waals surface area contributed by atoms with Crippen molar-refractivity contribution < 1.29 is 9.90 Å². The summed E-state index contributed by atoms with van der Waals surface area (Å²) in [5.74, 6) is -0.0157. The van der Waals surface area contributed by atoms with Crippen molar-refractivity contribution in [1.29, 1.82) is 0 Å². The molecule has 3 heterocycles. The van der Waals surface area contributed by atoms with Gasteiger partial charge in [-0.05, 0) is 37.5 Å². The number of hydrogen-bond acceptors (Lipinski definition) is 4. The third-order valence-corrected chi connectivity index (χ3v) is 4.73. The van der Waals surface area contributed by atoms with Crippen LogP contribution in [-0.4, -0.2) is 43.8 Å². The van der Waals surface area contributed by atoms with Crippen molar-refractivity contribution in [3.05, 3.63) is 48.0 Å². The lowest BCUT2D eigenvalue weighted by Gasteiger charge is -2.38. The van der Waals surface area contributed by atoms with Crippen molar-refractivity contribution in [3.63, 3.8) is 0 Å². The van der Waals surface area contributed by atoms with Gasteiger partial charge in [-0.25, -0.2) is 0 Å². The second-order valence-electron chi connectivity index (χ2n) is 6.71. The number of rotatable bonds is 4. The van der Waals surface area contributed by atoms with E-state index in [-0.39, 0.29) is 11.8 Å². The van der Waals surface area contributed by atoms with Crippen LogP contribution in [0.5, 0.6) is 0 Å². The second-order valence-corrected chi connectivity index (χ2v) is 6.71. The highest BCUT2D eigenvalue weighted by atomic mass is 16.3. The van der Waals surface area contributed by atoms with Gasteiger partial charge >= 0.3 is 0 Å². The molecule has 1 N–H and O–H groups in total. The third-order valence-electron chi connectivity index (χ3n) is 4.73. The molecule has 1 saturated heterocycles. The van der Waals surface area contributed by atoms with Gasteiger partial charge in [0.25, 0.3) is 0 Å².